The summed E-state index contributed by atoms with van der Waals surface area (Å²) < 4.78 is 19.6. The van der Waals surface area contributed by atoms with Crippen molar-refractivity contribution in [1.29, 1.82) is 0 Å². The number of nitrogens with one attached hydrogen (secondary N) is 1. The molecule has 1 N–H and O–H groups in total. The van der Waals surface area contributed by atoms with Gasteiger partial charge in [0.25, 0.3) is 0 Å². The third-order valence-corrected chi connectivity index (χ3v) is 3.90. The van der Waals surface area contributed by atoms with Crippen LogP contribution in [0, 0.1) is 11.2 Å². The third-order valence-electron chi connectivity index (χ3n) is 3.31. The molecule has 128 valence electrons. The molecule has 0 aromatic heterocycles. The van der Waals surface area contributed by atoms with E-state index in [9.17, 15) is 9.18 Å². The Bertz CT molecular complexity index is 599. The first-order valence-electron chi connectivity index (χ1n) is 7.53. The number of hydrogen-bond donors (Lipinski definition) is 1. The zero-order valence-electron chi connectivity index (χ0n) is 14.1. The Hall–Kier alpha value is -1.20. The van der Waals surface area contributed by atoms with E-state index in [1.807, 2.05) is 13.8 Å². The molecule has 1 amide bonds. The molecular weight excluding hydrogens is 337 g/mol. The van der Waals surface area contributed by atoms with Gasteiger partial charge in [-0.2, -0.15) is 0 Å². The van der Waals surface area contributed by atoms with E-state index in [0.717, 1.165) is 6.42 Å². The van der Waals surface area contributed by atoms with E-state index < -0.39 is 11.2 Å². The molecule has 0 fully saturated rings. The van der Waals surface area contributed by atoms with Crippen LogP contribution < -0.4 is 5.32 Å². The van der Waals surface area contributed by atoms with Gasteiger partial charge < -0.3 is 10.1 Å². The van der Waals surface area contributed by atoms with Crippen LogP contribution in [0.15, 0.2) is 12.1 Å². The number of hydrogen-bond acceptors (Lipinski definition) is 3. The molecular formula is C17H23ClFNO2S. The van der Waals surface area contributed by atoms with E-state index in [0.29, 0.717) is 10.6 Å². The number of thiocarbonyl (C=S) groups is 1. The molecule has 0 bridgehead atoms. The van der Waals surface area contributed by atoms with E-state index in [4.69, 9.17) is 28.6 Å². The minimum atomic E-state index is -0.624. The molecule has 0 aliphatic heterocycles. The van der Waals surface area contributed by atoms with E-state index >= 15 is 0 Å². The van der Waals surface area contributed by atoms with Crippen molar-refractivity contribution in [1.82, 2.24) is 0 Å². The Morgan fingerprint density at radius 2 is 2.04 bits per heavy atom. The molecule has 1 rings (SSSR count). The Labute approximate surface area is 147 Å². The molecule has 0 heterocycles. The quantitative estimate of drug-likeness (QED) is 0.739. The average Bonchev–Trinajstić information content (AvgIpc) is 2.42. The predicted octanol–water partition coefficient (Wildman–Crippen LogP) is 5.15. The van der Waals surface area contributed by atoms with Crippen LogP contribution in [0.3, 0.4) is 0 Å². The van der Waals surface area contributed by atoms with Gasteiger partial charge in [-0.3, -0.25) is 4.79 Å². The normalized spacial score (nSPS) is 12.7. The van der Waals surface area contributed by atoms with Crippen molar-refractivity contribution >= 4 is 40.5 Å². The topological polar surface area (TPSA) is 38.3 Å². The van der Waals surface area contributed by atoms with Crippen LogP contribution in [0.2, 0.25) is 5.02 Å². The fourth-order valence-electron chi connectivity index (χ4n) is 1.64. The van der Waals surface area contributed by atoms with Crippen LogP contribution in [-0.2, 0) is 16.0 Å². The molecule has 1 atom stereocenters. The van der Waals surface area contributed by atoms with Gasteiger partial charge in [0.1, 0.15) is 5.82 Å². The first-order valence-corrected chi connectivity index (χ1v) is 8.32. The van der Waals surface area contributed by atoms with Crippen LogP contribution in [0.5, 0.6) is 0 Å². The highest BCUT2D eigenvalue weighted by Crippen LogP contribution is 2.27. The summed E-state index contributed by atoms with van der Waals surface area (Å²) in [6.45, 7) is 9.19. The lowest BCUT2D eigenvalue weighted by molar-refractivity contribution is -0.123. The molecule has 0 aliphatic rings. The van der Waals surface area contributed by atoms with Crippen molar-refractivity contribution in [3.8, 4) is 0 Å². The summed E-state index contributed by atoms with van der Waals surface area (Å²) in [7, 11) is 0. The predicted molar refractivity (Wildman–Crippen MR) is 96.6 cm³/mol. The Balaban J connectivity index is 2.96. The number of halogens is 2. The second-order valence-electron chi connectivity index (χ2n) is 6.51. The second-order valence-corrected chi connectivity index (χ2v) is 7.38. The van der Waals surface area contributed by atoms with Crippen LogP contribution in [-0.4, -0.2) is 17.1 Å². The number of ether oxygens (including phenoxy) is 1. The summed E-state index contributed by atoms with van der Waals surface area (Å²) >= 11 is 11.3. The lowest BCUT2D eigenvalue weighted by Crippen LogP contribution is -2.28. The maximum Gasteiger partial charge on any atom is 0.229 e. The van der Waals surface area contributed by atoms with Crippen molar-refractivity contribution < 1.29 is 13.9 Å². The Kier molecular flexibility index (Phi) is 6.96. The maximum absolute atomic E-state index is 14.0. The molecule has 0 radical (unpaired) electrons. The smallest absolute Gasteiger partial charge is 0.229 e. The standard InChI is InChI=1S/C17H23ClFNO2S/c1-6-10(2)22-15(23)8-11-7-14(13(19)9-12(11)18)20-16(21)17(3,4)5/h7,9-10H,6,8H2,1-5H3,(H,20,21). The maximum atomic E-state index is 14.0. The first kappa shape index (κ1) is 19.8. The molecule has 0 aliphatic carbocycles. The summed E-state index contributed by atoms with van der Waals surface area (Å²) in [5.74, 6) is -0.854. The van der Waals surface area contributed by atoms with Crippen LogP contribution in [0.25, 0.3) is 0 Å². The summed E-state index contributed by atoms with van der Waals surface area (Å²) in [5.41, 5.74) is 0.0857. The summed E-state index contributed by atoms with van der Waals surface area (Å²) in [4.78, 5) is 12.0. The fourth-order valence-corrected chi connectivity index (χ4v) is 2.18. The summed E-state index contributed by atoms with van der Waals surface area (Å²) in [6, 6.07) is 2.69. The molecule has 1 unspecified atom stereocenters. The van der Waals surface area contributed by atoms with Crippen molar-refractivity contribution in [3.63, 3.8) is 0 Å². The van der Waals surface area contributed by atoms with E-state index in [1.165, 1.54) is 12.1 Å². The number of amides is 1. The van der Waals surface area contributed by atoms with Gasteiger partial charge in [-0.05, 0) is 43.3 Å². The van der Waals surface area contributed by atoms with Crippen LogP contribution in [0.4, 0.5) is 10.1 Å². The van der Waals surface area contributed by atoms with Gasteiger partial charge in [0, 0.05) is 16.9 Å². The fraction of sp³-hybridized carbons (Fsp3) is 0.529. The number of benzene rings is 1. The van der Waals surface area contributed by atoms with Gasteiger partial charge >= 0.3 is 0 Å². The van der Waals surface area contributed by atoms with Gasteiger partial charge in [-0.25, -0.2) is 4.39 Å². The molecule has 1 aromatic carbocycles. The van der Waals surface area contributed by atoms with Crippen LogP contribution in [0.1, 0.15) is 46.6 Å². The monoisotopic (exact) mass is 359 g/mol. The zero-order valence-corrected chi connectivity index (χ0v) is 15.7. The largest absolute Gasteiger partial charge is 0.484 e. The molecule has 0 saturated heterocycles. The number of carbonyl (C=O) groups excluding carboxylic acids is 1. The lowest BCUT2D eigenvalue weighted by Gasteiger charge is -2.19. The van der Waals surface area contributed by atoms with Crippen molar-refractivity contribution in [2.75, 3.05) is 5.32 Å². The molecule has 3 nitrogen and oxygen atoms in total. The highest BCUT2D eigenvalue weighted by molar-refractivity contribution is 7.80. The Morgan fingerprint density at radius 1 is 1.43 bits per heavy atom. The van der Waals surface area contributed by atoms with Gasteiger partial charge in [0.15, 0.2) is 5.05 Å². The SMILES string of the molecule is CCC(C)OC(=S)Cc1cc(NC(=O)C(C)(C)C)c(F)cc1Cl. The highest BCUT2D eigenvalue weighted by atomic mass is 35.5. The number of anilines is 1. The summed E-state index contributed by atoms with van der Waals surface area (Å²) in [5, 5.41) is 3.23. The van der Waals surface area contributed by atoms with Crippen LogP contribution >= 0.6 is 23.8 Å². The van der Waals surface area contributed by atoms with Crippen molar-refractivity contribution in [2.45, 2.75) is 53.6 Å². The molecule has 0 spiro atoms. The third kappa shape index (κ3) is 6.07. The molecule has 23 heavy (non-hydrogen) atoms. The molecule has 0 saturated carbocycles. The van der Waals surface area contributed by atoms with E-state index in [2.05, 4.69) is 5.32 Å². The first-order chi connectivity index (χ1) is 10.5. The van der Waals surface area contributed by atoms with Gasteiger partial charge in [0.05, 0.1) is 11.8 Å². The molecule has 6 heteroatoms. The number of carbonyl (C=O) groups is 1. The molecule has 1 aromatic rings. The second kappa shape index (κ2) is 8.06. The number of rotatable bonds is 5. The average molecular weight is 360 g/mol. The zero-order chi connectivity index (χ0) is 17.8. The minimum absolute atomic E-state index is 0.0155. The van der Waals surface area contributed by atoms with Crippen molar-refractivity contribution in [3.05, 3.63) is 28.5 Å². The Morgan fingerprint density at radius 3 is 2.57 bits per heavy atom. The van der Waals surface area contributed by atoms with Crippen molar-refractivity contribution in [2.24, 2.45) is 5.41 Å². The van der Waals surface area contributed by atoms with Gasteiger partial charge in [0.2, 0.25) is 5.91 Å². The van der Waals surface area contributed by atoms with Gasteiger partial charge in [-0.15, -0.1) is 0 Å². The van der Waals surface area contributed by atoms with Gasteiger partial charge in [-0.1, -0.05) is 39.3 Å². The summed E-state index contributed by atoms with van der Waals surface area (Å²) in [6.07, 6.45) is 1.14. The van der Waals surface area contributed by atoms with E-state index in [-0.39, 0.29) is 29.1 Å². The lowest BCUT2D eigenvalue weighted by atomic mass is 9.95. The van der Waals surface area contributed by atoms with E-state index in [1.54, 1.807) is 20.8 Å². The highest BCUT2D eigenvalue weighted by Gasteiger charge is 2.23. The minimum Gasteiger partial charge on any atom is -0.484 e.